The first kappa shape index (κ1) is 7.53. The second-order valence-electron chi connectivity index (χ2n) is 3.46. The Labute approximate surface area is 80.2 Å². The molecule has 68 valence electrons. The molecule has 1 atom stereocenters. The molecule has 0 bridgehead atoms. The summed E-state index contributed by atoms with van der Waals surface area (Å²) < 4.78 is 2.20. The third-order valence-electron chi connectivity index (χ3n) is 2.76. The SMILES string of the molecule is NCC1CCc2sc3nccn3c21. The van der Waals surface area contributed by atoms with E-state index in [2.05, 4.69) is 9.38 Å². The summed E-state index contributed by atoms with van der Waals surface area (Å²) >= 11 is 1.81. The smallest absolute Gasteiger partial charge is 0.194 e. The van der Waals surface area contributed by atoms with E-state index < -0.39 is 0 Å². The van der Waals surface area contributed by atoms with Crippen molar-refractivity contribution in [1.82, 2.24) is 9.38 Å². The van der Waals surface area contributed by atoms with Crippen LogP contribution in [0.4, 0.5) is 0 Å². The molecule has 3 nitrogen and oxygen atoms in total. The first-order valence-electron chi connectivity index (χ1n) is 4.55. The molecule has 3 rings (SSSR count). The lowest BCUT2D eigenvalue weighted by molar-refractivity contribution is 0.667. The van der Waals surface area contributed by atoms with Gasteiger partial charge in [-0.05, 0) is 12.8 Å². The Kier molecular flexibility index (Phi) is 1.48. The lowest BCUT2D eigenvalue weighted by atomic mass is 10.1. The van der Waals surface area contributed by atoms with Crippen molar-refractivity contribution >= 4 is 16.3 Å². The van der Waals surface area contributed by atoms with Crippen LogP contribution in [0.1, 0.15) is 22.9 Å². The largest absolute Gasteiger partial charge is 0.330 e. The van der Waals surface area contributed by atoms with Crippen LogP contribution in [0.3, 0.4) is 0 Å². The summed E-state index contributed by atoms with van der Waals surface area (Å²) in [5.41, 5.74) is 7.16. The zero-order valence-electron chi connectivity index (χ0n) is 7.23. The monoisotopic (exact) mass is 193 g/mol. The number of nitrogens with zero attached hydrogens (tertiary/aromatic N) is 2. The average Bonchev–Trinajstić information content (AvgIpc) is 2.72. The highest BCUT2D eigenvalue weighted by Gasteiger charge is 2.26. The van der Waals surface area contributed by atoms with Gasteiger partial charge in [-0.3, -0.25) is 4.40 Å². The summed E-state index contributed by atoms with van der Waals surface area (Å²) in [4.78, 5) is 6.89. The topological polar surface area (TPSA) is 43.3 Å². The number of aryl methyl sites for hydroxylation is 1. The van der Waals surface area contributed by atoms with E-state index in [-0.39, 0.29) is 0 Å². The Morgan fingerprint density at radius 1 is 1.69 bits per heavy atom. The van der Waals surface area contributed by atoms with Gasteiger partial charge in [-0.25, -0.2) is 4.98 Å². The predicted octanol–water partition coefficient (Wildman–Crippen LogP) is 1.38. The van der Waals surface area contributed by atoms with Crippen LogP contribution in [-0.4, -0.2) is 15.9 Å². The van der Waals surface area contributed by atoms with E-state index >= 15 is 0 Å². The third kappa shape index (κ3) is 0.899. The molecule has 4 heteroatoms. The predicted molar refractivity (Wildman–Crippen MR) is 53.2 cm³/mol. The minimum atomic E-state index is 0.554. The van der Waals surface area contributed by atoms with E-state index in [0.717, 1.165) is 11.5 Å². The van der Waals surface area contributed by atoms with Crippen LogP contribution in [0.15, 0.2) is 12.4 Å². The normalized spacial score (nSPS) is 21.2. The Bertz CT molecular complexity index is 443. The average molecular weight is 193 g/mol. The Morgan fingerprint density at radius 2 is 2.62 bits per heavy atom. The molecule has 1 aliphatic rings. The van der Waals surface area contributed by atoms with E-state index in [0.29, 0.717) is 5.92 Å². The van der Waals surface area contributed by atoms with Crippen LogP contribution in [0.25, 0.3) is 4.96 Å². The van der Waals surface area contributed by atoms with Crippen LogP contribution in [-0.2, 0) is 6.42 Å². The zero-order valence-corrected chi connectivity index (χ0v) is 8.05. The first-order valence-corrected chi connectivity index (χ1v) is 5.36. The molecule has 0 amide bonds. The molecule has 0 saturated carbocycles. The van der Waals surface area contributed by atoms with Crippen LogP contribution in [0.5, 0.6) is 0 Å². The molecule has 2 N–H and O–H groups in total. The molecule has 0 spiro atoms. The number of hydrogen-bond donors (Lipinski definition) is 1. The molecule has 1 aliphatic carbocycles. The fourth-order valence-corrected chi connectivity index (χ4v) is 3.30. The van der Waals surface area contributed by atoms with Crippen LogP contribution >= 0.6 is 11.3 Å². The van der Waals surface area contributed by atoms with Crippen molar-refractivity contribution in [2.45, 2.75) is 18.8 Å². The minimum absolute atomic E-state index is 0.554. The van der Waals surface area contributed by atoms with Crippen LogP contribution in [0, 0.1) is 0 Å². The zero-order chi connectivity index (χ0) is 8.84. The summed E-state index contributed by atoms with van der Waals surface area (Å²) in [5.74, 6) is 0.554. The fraction of sp³-hybridized carbons (Fsp3) is 0.444. The molecule has 2 aromatic heterocycles. The summed E-state index contributed by atoms with van der Waals surface area (Å²) in [7, 11) is 0. The standard InChI is InChI=1S/C9H11N3S/c10-5-6-1-2-7-8(6)12-4-3-11-9(12)13-7/h3-4,6H,1-2,5,10H2. The van der Waals surface area contributed by atoms with Crippen LogP contribution in [0.2, 0.25) is 0 Å². The van der Waals surface area contributed by atoms with Gasteiger partial charge in [0.05, 0.1) is 0 Å². The van der Waals surface area contributed by atoms with Crippen molar-refractivity contribution in [3.05, 3.63) is 23.0 Å². The van der Waals surface area contributed by atoms with Crippen molar-refractivity contribution < 1.29 is 0 Å². The van der Waals surface area contributed by atoms with Crippen molar-refractivity contribution in [2.24, 2.45) is 5.73 Å². The number of nitrogens with two attached hydrogens (primary N) is 1. The molecular formula is C9H11N3S. The van der Waals surface area contributed by atoms with Crippen LogP contribution < -0.4 is 5.73 Å². The molecule has 2 aromatic rings. The summed E-state index contributed by atoms with van der Waals surface area (Å²) in [6, 6.07) is 0. The molecule has 13 heavy (non-hydrogen) atoms. The molecule has 0 aromatic carbocycles. The molecule has 0 fully saturated rings. The maximum Gasteiger partial charge on any atom is 0.194 e. The van der Waals surface area contributed by atoms with Gasteiger partial charge in [0.1, 0.15) is 0 Å². The molecule has 0 saturated heterocycles. The lowest BCUT2D eigenvalue weighted by Crippen LogP contribution is -2.11. The molecule has 0 aliphatic heterocycles. The van der Waals surface area contributed by atoms with Gasteiger partial charge in [0, 0.05) is 35.4 Å². The van der Waals surface area contributed by atoms with E-state index in [1.54, 1.807) is 0 Å². The maximum atomic E-state index is 5.74. The fourth-order valence-electron chi connectivity index (χ4n) is 2.12. The maximum absolute atomic E-state index is 5.74. The van der Waals surface area contributed by atoms with Gasteiger partial charge >= 0.3 is 0 Å². The summed E-state index contributed by atoms with van der Waals surface area (Å²) in [6.07, 6.45) is 6.30. The van der Waals surface area contributed by atoms with Crippen molar-refractivity contribution in [3.8, 4) is 0 Å². The molecule has 1 unspecified atom stereocenters. The van der Waals surface area contributed by atoms with Crippen molar-refractivity contribution in [3.63, 3.8) is 0 Å². The van der Waals surface area contributed by atoms with Crippen molar-refractivity contribution in [1.29, 1.82) is 0 Å². The number of aromatic nitrogens is 2. The highest BCUT2D eigenvalue weighted by molar-refractivity contribution is 7.17. The Hall–Kier alpha value is -0.870. The molecule has 0 radical (unpaired) electrons. The number of hydrogen-bond acceptors (Lipinski definition) is 3. The molecule has 2 heterocycles. The highest BCUT2D eigenvalue weighted by Crippen LogP contribution is 2.37. The van der Waals surface area contributed by atoms with Gasteiger partial charge in [0.25, 0.3) is 0 Å². The minimum Gasteiger partial charge on any atom is -0.330 e. The number of imidazole rings is 1. The third-order valence-corrected chi connectivity index (χ3v) is 3.90. The number of thiazole rings is 1. The van der Waals surface area contributed by atoms with Gasteiger partial charge < -0.3 is 5.73 Å². The Balaban J connectivity index is 2.28. The Morgan fingerprint density at radius 3 is 3.46 bits per heavy atom. The summed E-state index contributed by atoms with van der Waals surface area (Å²) in [5, 5.41) is 0. The quantitative estimate of drug-likeness (QED) is 0.743. The van der Waals surface area contributed by atoms with Gasteiger partial charge in [0.15, 0.2) is 4.96 Å². The van der Waals surface area contributed by atoms with Gasteiger partial charge in [0.2, 0.25) is 0 Å². The number of fused-ring (bicyclic) bond motifs is 3. The first-order chi connectivity index (χ1) is 6.40. The van der Waals surface area contributed by atoms with Gasteiger partial charge in [-0.15, -0.1) is 11.3 Å². The highest BCUT2D eigenvalue weighted by atomic mass is 32.1. The summed E-state index contributed by atoms with van der Waals surface area (Å²) in [6.45, 7) is 0.761. The van der Waals surface area contributed by atoms with Crippen molar-refractivity contribution in [2.75, 3.05) is 6.54 Å². The lowest BCUT2D eigenvalue weighted by Gasteiger charge is -2.05. The van der Waals surface area contributed by atoms with E-state index in [1.807, 2.05) is 23.7 Å². The van der Waals surface area contributed by atoms with E-state index in [9.17, 15) is 0 Å². The van der Waals surface area contributed by atoms with Gasteiger partial charge in [-0.1, -0.05) is 0 Å². The second kappa shape index (κ2) is 2.56. The van der Waals surface area contributed by atoms with E-state index in [1.165, 1.54) is 23.4 Å². The van der Waals surface area contributed by atoms with Gasteiger partial charge in [-0.2, -0.15) is 0 Å². The second-order valence-corrected chi connectivity index (χ2v) is 4.52. The molecular weight excluding hydrogens is 182 g/mol. The van der Waals surface area contributed by atoms with E-state index in [4.69, 9.17) is 5.73 Å². The number of rotatable bonds is 1.